The number of aryl methyl sites for hydroxylation is 1. The van der Waals surface area contributed by atoms with Crippen molar-refractivity contribution in [3.8, 4) is 17.6 Å². The van der Waals surface area contributed by atoms with Gasteiger partial charge in [0, 0.05) is 22.2 Å². The van der Waals surface area contributed by atoms with Crippen LogP contribution in [0.5, 0.6) is 5.75 Å². The third kappa shape index (κ3) is 4.09. The van der Waals surface area contributed by atoms with Crippen LogP contribution < -0.4 is 4.74 Å². The molecule has 0 saturated carbocycles. The molecule has 0 bridgehead atoms. The highest BCUT2D eigenvalue weighted by Gasteiger charge is 2.03. The van der Waals surface area contributed by atoms with E-state index in [-0.39, 0.29) is 12.4 Å². The van der Waals surface area contributed by atoms with Gasteiger partial charge in [-0.15, -0.1) is 11.3 Å². The van der Waals surface area contributed by atoms with Gasteiger partial charge >= 0.3 is 0 Å². The Kier molecular flexibility index (Phi) is 5.16. The lowest BCUT2D eigenvalue weighted by atomic mass is 10.2. The van der Waals surface area contributed by atoms with E-state index < -0.39 is 0 Å². The molecule has 1 aromatic carbocycles. The van der Waals surface area contributed by atoms with Gasteiger partial charge < -0.3 is 9.84 Å². The van der Waals surface area contributed by atoms with Crippen molar-refractivity contribution < 1.29 is 14.2 Å². The summed E-state index contributed by atoms with van der Waals surface area (Å²) in [6.45, 7) is 2.34. The largest absolute Gasteiger partial charge is 0.488 e. The van der Waals surface area contributed by atoms with Crippen molar-refractivity contribution in [2.45, 2.75) is 20.0 Å². The van der Waals surface area contributed by atoms with Gasteiger partial charge in [0.25, 0.3) is 0 Å². The lowest BCUT2D eigenvalue weighted by Gasteiger charge is -2.07. The van der Waals surface area contributed by atoms with Gasteiger partial charge in [-0.3, -0.25) is 0 Å². The van der Waals surface area contributed by atoms with Crippen molar-refractivity contribution in [3.63, 3.8) is 0 Å². The summed E-state index contributed by atoms with van der Waals surface area (Å²) >= 11 is 1.57. The minimum Gasteiger partial charge on any atom is -0.488 e. The fraction of sp³-hybridized carbons (Fsp3) is 0.250. The normalized spacial score (nSPS) is 9.95. The summed E-state index contributed by atoms with van der Waals surface area (Å²) in [5.74, 6) is 6.29. The van der Waals surface area contributed by atoms with Crippen LogP contribution in [-0.2, 0) is 6.61 Å². The molecule has 0 spiro atoms. The van der Waals surface area contributed by atoms with E-state index >= 15 is 0 Å². The first-order valence-electron chi connectivity index (χ1n) is 6.25. The average molecular weight is 290 g/mol. The zero-order chi connectivity index (χ0) is 14.4. The summed E-state index contributed by atoms with van der Waals surface area (Å²) in [7, 11) is 0. The Morgan fingerprint density at radius 1 is 1.35 bits per heavy atom. The summed E-state index contributed by atoms with van der Waals surface area (Å²) in [6, 6.07) is 6.45. The highest BCUT2D eigenvalue weighted by molar-refractivity contribution is 7.10. The second kappa shape index (κ2) is 7.09. The van der Waals surface area contributed by atoms with Crippen molar-refractivity contribution in [3.05, 3.63) is 51.5 Å². The van der Waals surface area contributed by atoms with Crippen molar-refractivity contribution in [1.29, 1.82) is 0 Å². The van der Waals surface area contributed by atoms with Crippen LogP contribution >= 0.6 is 11.3 Å². The fourth-order valence-electron chi connectivity index (χ4n) is 1.67. The number of rotatable bonds is 4. The summed E-state index contributed by atoms with van der Waals surface area (Å²) in [5, 5.41) is 10.6. The first-order valence-corrected chi connectivity index (χ1v) is 7.13. The molecule has 0 unspecified atom stereocenters. The predicted molar refractivity (Wildman–Crippen MR) is 78.4 cm³/mol. The topological polar surface area (TPSA) is 29.5 Å². The number of halogens is 1. The van der Waals surface area contributed by atoms with Gasteiger partial charge in [0.2, 0.25) is 0 Å². The van der Waals surface area contributed by atoms with E-state index in [2.05, 4.69) is 11.8 Å². The van der Waals surface area contributed by atoms with E-state index in [1.165, 1.54) is 12.1 Å². The van der Waals surface area contributed by atoms with Crippen molar-refractivity contribution in [1.82, 2.24) is 0 Å². The first-order chi connectivity index (χ1) is 9.69. The molecule has 0 atom stereocenters. The highest BCUT2D eigenvalue weighted by atomic mass is 32.1. The van der Waals surface area contributed by atoms with E-state index in [9.17, 15) is 4.39 Å². The maximum atomic E-state index is 13.0. The third-order valence-corrected chi connectivity index (χ3v) is 3.54. The quantitative estimate of drug-likeness (QED) is 0.873. The summed E-state index contributed by atoms with van der Waals surface area (Å²) in [4.78, 5) is 1.06. The fourth-order valence-corrected chi connectivity index (χ4v) is 2.39. The molecule has 4 heteroatoms. The van der Waals surface area contributed by atoms with Crippen molar-refractivity contribution in [2.24, 2.45) is 0 Å². The Labute approximate surface area is 121 Å². The maximum Gasteiger partial charge on any atom is 0.123 e. The molecule has 104 valence electrons. The predicted octanol–water partition coefficient (Wildman–Crippen LogP) is 3.51. The Balaban J connectivity index is 1.96. The molecular weight excluding hydrogens is 275 g/mol. The first kappa shape index (κ1) is 14.6. The summed E-state index contributed by atoms with van der Waals surface area (Å²) in [6.07, 6.45) is 0.483. The molecule has 2 rings (SSSR count). The minimum atomic E-state index is -0.257. The van der Waals surface area contributed by atoms with Crippen LogP contribution in [0, 0.1) is 24.6 Å². The summed E-state index contributed by atoms with van der Waals surface area (Å²) < 4.78 is 18.6. The molecule has 2 aromatic rings. The van der Waals surface area contributed by atoms with Crippen molar-refractivity contribution >= 4 is 11.3 Å². The van der Waals surface area contributed by atoms with Gasteiger partial charge in [-0.25, -0.2) is 4.39 Å². The smallest absolute Gasteiger partial charge is 0.123 e. The molecule has 0 radical (unpaired) electrons. The van der Waals surface area contributed by atoms with Crippen LogP contribution in [-0.4, -0.2) is 11.7 Å². The number of hydrogen-bond acceptors (Lipinski definition) is 3. The van der Waals surface area contributed by atoms with Crippen LogP contribution in [0.25, 0.3) is 0 Å². The van der Waals surface area contributed by atoms with E-state index in [0.29, 0.717) is 18.8 Å². The Morgan fingerprint density at radius 2 is 2.20 bits per heavy atom. The number of ether oxygens (including phenoxy) is 1. The zero-order valence-corrected chi connectivity index (χ0v) is 12.0. The van der Waals surface area contributed by atoms with Gasteiger partial charge in [-0.05, 0) is 36.8 Å². The van der Waals surface area contributed by atoms with Crippen LogP contribution in [0.4, 0.5) is 4.39 Å². The molecule has 2 nitrogen and oxygen atoms in total. The monoisotopic (exact) mass is 290 g/mol. The number of hydrogen-bond donors (Lipinski definition) is 1. The second-order valence-corrected chi connectivity index (χ2v) is 5.27. The van der Waals surface area contributed by atoms with Crippen LogP contribution in [0.2, 0.25) is 0 Å². The van der Waals surface area contributed by atoms with E-state index in [1.807, 2.05) is 18.4 Å². The highest BCUT2D eigenvalue weighted by Crippen LogP contribution is 2.21. The molecule has 0 aliphatic rings. The third-order valence-electron chi connectivity index (χ3n) is 2.63. The molecule has 0 fully saturated rings. The standard InChI is InChI=1S/C16H15FO2S/c1-12-8-14(17)5-6-16(12)19-10-15-9-13(11-20-15)4-2-3-7-18/h5-6,8-9,11,18H,3,7,10H2,1H3. The van der Waals surface area contributed by atoms with Gasteiger partial charge in [0.05, 0.1) is 6.61 Å². The molecule has 0 aliphatic heterocycles. The van der Waals surface area contributed by atoms with Crippen LogP contribution in [0.15, 0.2) is 29.6 Å². The molecule has 0 saturated heterocycles. The van der Waals surface area contributed by atoms with Gasteiger partial charge in [0.15, 0.2) is 0 Å². The lowest BCUT2D eigenvalue weighted by Crippen LogP contribution is -1.95. The zero-order valence-electron chi connectivity index (χ0n) is 11.1. The maximum absolute atomic E-state index is 13.0. The second-order valence-electron chi connectivity index (χ2n) is 4.28. The summed E-state index contributed by atoms with van der Waals surface area (Å²) in [5.41, 5.74) is 1.71. The molecule has 1 N–H and O–H groups in total. The number of thiophene rings is 1. The van der Waals surface area contributed by atoms with Crippen molar-refractivity contribution in [2.75, 3.05) is 6.61 Å². The van der Waals surface area contributed by atoms with E-state index in [4.69, 9.17) is 9.84 Å². The molecule has 0 aliphatic carbocycles. The number of aliphatic hydroxyl groups is 1. The lowest BCUT2D eigenvalue weighted by molar-refractivity contribution is 0.305. The molecule has 20 heavy (non-hydrogen) atoms. The Bertz CT molecular complexity index is 637. The van der Waals surface area contributed by atoms with E-state index in [0.717, 1.165) is 16.0 Å². The molecule has 0 amide bonds. The molecular formula is C16H15FO2S. The molecule has 1 heterocycles. The average Bonchev–Trinajstić information content (AvgIpc) is 2.86. The van der Waals surface area contributed by atoms with Gasteiger partial charge in [0.1, 0.15) is 18.2 Å². The SMILES string of the molecule is Cc1cc(F)ccc1OCc1cc(C#CCCO)cs1. The minimum absolute atomic E-state index is 0.0803. The number of benzene rings is 1. The Hall–Kier alpha value is -1.83. The van der Waals surface area contributed by atoms with E-state index in [1.54, 1.807) is 17.4 Å². The van der Waals surface area contributed by atoms with Crippen LogP contribution in [0.1, 0.15) is 22.4 Å². The molecule has 1 aromatic heterocycles. The van der Waals surface area contributed by atoms with Gasteiger partial charge in [-0.1, -0.05) is 11.8 Å². The van der Waals surface area contributed by atoms with Gasteiger partial charge in [-0.2, -0.15) is 0 Å². The van der Waals surface area contributed by atoms with Crippen LogP contribution in [0.3, 0.4) is 0 Å². The number of aliphatic hydroxyl groups excluding tert-OH is 1. The Morgan fingerprint density at radius 3 is 2.95 bits per heavy atom.